The van der Waals surface area contributed by atoms with E-state index < -0.39 is 5.97 Å². The molecule has 1 aliphatic rings. The van der Waals surface area contributed by atoms with Crippen LogP contribution in [0.2, 0.25) is 0 Å². The van der Waals surface area contributed by atoms with Crippen LogP contribution in [0.25, 0.3) is 0 Å². The predicted octanol–water partition coefficient (Wildman–Crippen LogP) is 4.04. The minimum Gasteiger partial charge on any atom is -0.452 e. The van der Waals surface area contributed by atoms with E-state index in [0.29, 0.717) is 17.3 Å². The molecule has 0 fully saturated rings. The Bertz CT molecular complexity index is 752. The van der Waals surface area contributed by atoms with Gasteiger partial charge in [-0.25, -0.2) is 4.79 Å². The summed E-state index contributed by atoms with van der Waals surface area (Å²) < 4.78 is 10.2. The van der Waals surface area contributed by atoms with Crippen LogP contribution in [0.3, 0.4) is 0 Å². The number of ether oxygens (including phenoxy) is 1. The molecule has 6 heteroatoms. The minimum atomic E-state index is -0.407. The number of aryl methyl sites for hydroxylation is 1. The van der Waals surface area contributed by atoms with Gasteiger partial charge in [-0.1, -0.05) is 28.9 Å². The number of nitrogens with zero attached hydrogens (tertiary/aromatic N) is 2. The fourth-order valence-electron chi connectivity index (χ4n) is 2.91. The predicted molar refractivity (Wildman–Crippen MR) is 94.3 cm³/mol. The molecule has 3 rings (SSSR count). The van der Waals surface area contributed by atoms with E-state index in [9.17, 15) is 4.79 Å². The number of carbonyl (C=O) groups excluding carboxylic acids is 1. The van der Waals surface area contributed by atoms with Crippen molar-refractivity contribution in [2.75, 3.05) is 11.9 Å². The first-order chi connectivity index (χ1) is 12.2. The summed E-state index contributed by atoms with van der Waals surface area (Å²) in [6.45, 7) is 2.50. The van der Waals surface area contributed by atoms with E-state index in [0.717, 1.165) is 18.7 Å². The third-order valence-electron chi connectivity index (χ3n) is 4.19. The molecule has 6 nitrogen and oxygen atoms in total. The molecule has 2 aromatic rings. The average Bonchev–Trinajstić information content (AvgIpc) is 3.06. The van der Waals surface area contributed by atoms with Crippen LogP contribution in [0.4, 0.5) is 5.69 Å². The van der Waals surface area contributed by atoms with Gasteiger partial charge in [0, 0.05) is 12.2 Å². The Hall–Kier alpha value is -2.63. The van der Waals surface area contributed by atoms with Gasteiger partial charge in [0.2, 0.25) is 0 Å². The van der Waals surface area contributed by atoms with Gasteiger partial charge in [-0.05, 0) is 51.2 Å². The van der Waals surface area contributed by atoms with Crippen LogP contribution >= 0.6 is 0 Å². The van der Waals surface area contributed by atoms with Crippen LogP contribution in [0.15, 0.2) is 40.4 Å². The summed E-state index contributed by atoms with van der Waals surface area (Å²) in [5, 5.41) is 7.03. The van der Waals surface area contributed by atoms with Gasteiger partial charge in [-0.3, -0.25) is 0 Å². The van der Waals surface area contributed by atoms with Crippen molar-refractivity contribution >= 4 is 11.7 Å². The highest BCUT2D eigenvalue weighted by molar-refractivity contribution is 5.95. The van der Waals surface area contributed by atoms with E-state index in [1.807, 2.05) is 18.2 Å². The van der Waals surface area contributed by atoms with Crippen LogP contribution in [0.5, 0.6) is 0 Å². The number of esters is 1. The van der Waals surface area contributed by atoms with Crippen molar-refractivity contribution in [2.24, 2.45) is 0 Å². The summed E-state index contributed by atoms with van der Waals surface area (Å²) in [7, 11) is 0. The quantitative estimate of drug-likeness (QED) is 0.605. The van der Waals surface area contributed by atoms with Crippen LogP contribution in [0.1, 0.15) is 54.2 Å². The summed E-state index contributed by atoms with van der Waals surface area (Å²) in [5.74, 6) is 0.404. The smallest absolute Gasteiger partial charge is 0.340 e. The Morgan fingerprint density at radius 1 is 1.32 bits per heavy atom. The van der Waals surface area contributed by atoms with Crippen molar-refractivity contribution in [1.82, 2.24) is 10.1 Å². The normalized spacial score (nSPS) is 14.0. The zero-order chi connectivity index (χ0) is 17.5. The van der Waals surface area contributed by atoms with Gasteiger partial charge >= 0.3 is 5.97 Å². The lowest BCUT2D eigenvalue weighted by molar-refractivity contribution is 0.0431. The molecule has 0 atom stereocenters. The Labute approximate surface area is 147 Å². The van der Waals surface area contributed by atoms with Crippen LogP contribution in [0, 0.1) is 6.92 Å². The molecular weight excluding hydrogens is 318 g/mol. The molecule has 25 heavy (non-hydrogen) atoms. The molecule has 0 aliphatic heterocycles. The molecule has 0 spiro atoms. The third kappa shape index (κ3) is 4.92. The Balaban J connectivity index is 1.55. The van der Waals surface area contributed by atoms with Gasteiger partial charge < -0.3 is 14.6 Å². The molecule has 1 N–H and O–H groups in total. The monoisotopic (exact) mass is 341 g/mol. The fourth-order valence-corrected chi connectivity index (χ4v) is 2.91. The standard InChI is InChI=1S/C19H23N3O3/c1-14-21-18(25-22-14)13-24-19(23)16-9-5-6-10-17(16)20-12-11-15-7-3-2-4-8-15/h5-7,9-10,20H,2-4,8,11-13H2,1H3. The molecule has 132 valence electrons. The van der Waals surface area contributed by atoms with Gasteiger partial charge in [0.25, 0.3) is 5.89 Å². The van der Waals surface area contributed by atoms with Crippen molar-refractivity contribution in [3.8, 4) is 0 Å². The topological polar surface area (TPSA) is 77.2 Å². The molecule has 1 aliphatic carbocycles. The lowest BCUT2D eigenvalue weighted by atomic mass is 9.97. The van der Waals surface area contributed by atoms with E-state index >= 15 is 0 Å². The second kappa shape index (κ2) is 8.46. The number of para-hydroxylation sites is 1. The largest absolute Gasteiger partial charge is 0.452 e. The summed E-state index contributed by atoms with van der Waals surface area (Å²) in [4.78, 5) is 16.4. The number of benzene rings is 1. The number of hydrogen-bond donors (Lipinski definition) is 1. The van der Waals surface area contributed by atoms with Crippen LogP contribution in [-0.4, -0.2) is 22.7 Å². The van der Waals surface area contributed by atoms with Gasteiger partial charge in [0.05, 0.1) is 5.56 Å². The first-order valence-corrected chi connectivity index (χ1v) is 8.69. The van der Waals surface area contributed by atoms with Crippen molar-refractivity contribution in [3.05, 3.63) is 53.2 Å². The fraction of sp³-hybridized carbons (Fsp3) is 0.421. The van der Waals surface area contributed by atoms with E-state index in [1.54, 1.807) is 13.0 Å². The second-order valence-electron chi connectivity index (χ2n) is 6.14. The second-order valence-corrected chi connectivity index (χ2v) is 6.14. The van der Waals surface area contributed by atoms with Crippen molar-refractivity contribution in [2.45, 2.75) is 45.6 Å². The molecule has 1 aromatic heterocycles. The lowest BCUT2D eigenvalue weighted by Crippen LogP contribution is -2.11. The average molecular weight is 341 g/mol. The highest BCUT2D eigenvalue weighted by Crippen LogP contribution is 2.21. The Kier molecular flexibility index (Phi) is 5.82. The molecular formula is C19H23N3O3. The van der Waals surface area contributed by atoms with E-state index in [1.165, 1.54) is 31.3 Å². The summed E-state index contributed by atoms with van der Waals surface area (Å²) in [5.41, 5.74) is 2.80. The molecule has 0 unspecified atom stereocenters. The van der Waals surface area contributed by atoms with E-state index in [2.05, 4.69) is 21.5 Å². The zero-order valence-electron chi connectivity index (χ0n) is 14.5. The number of allylic oxidation sites excluding steroid dienone is 1. The molecule has 0 amide bonds. The molecule has 0 radical (unpaired) electrons. The molecule has 1 heterocycles. The number of anilines is 1. The Morgan fingerprint density at radius 3 is 2.96 bits per heavy atom. The van der Waals surface area contributed by atoms with Crippen LogP contribution < -0.4 is 5.32 Å². The van der Waals surface area contributed by atoms with Gasteiger partial charge in [-0.15, -0.1) is 0 Å². The molecule has 0 saturated carbocycles. The summed E-state index contributed by atoms with van der Waals surface area (Å²) in [6, 6.07) is 7.37. The van der Waals surface area contributed by atoms with Crippen molar-refractivity contribution < 1.29 is 14.1 Å². The zero-order valence-corrected chi connectivity index (χ0v) is 14.5. The lowest BCUT2D eigenvalue weighted by Gasteiger charge is -2.15. The Morgan fingerprint density at radius 2 is 2.20 bits per heavy atom. The van der Waals surface area contributed by atoms with Gasteiger partial charge in [0.1, 0.15) is 0 Å². The molecule has 0 bridgehead atoms. The number of hydrogen-bond acceptors (Lipinski definition) is 6. The third-order valence-corrected chi connectivity index (χ3v) is 4.19. The van der Waals surface area contributed by atoms with Gasteiger partial charge in [-0.2, -0.15) is 4.98 Å². The van der Waals surface area contributed by atoms with Crippen molar-refractivity contribution in [1.29, 1.82) is 0 Å². The van der Waals surface area contributed by atoms with Crippen molar-refractivity contribution in [3.63, 3.8) is 0 Å². The maximum atomic E-state index is 12.3. The van der Waals surface area contributed by atoms with Gasteiger partial charge in [0.15, 0.2) is 12.4 Å². The number of nitrogens with one attached hydrogen (secondary N) is 1. The maximum absolute atomic E-state index is 12.3. The highest BCUT2D eigenvalue weighted by atomic mass is 16.6. The van der Waals surface area contributed by atoms with E-state index in [4.69, 9.17) is 9.26 Å². The first kappa shape index (κ1) is 17.2. The summed E-state index contributed by atoms with van der Waals surface area (Å²) in [6.07, 6.45) is 8.31. The van der Waals surface area contributed by atoms with E-state index in [-0.39, 0.29) is 6.61 Å². The van der Waals surface area contributed by atoms with Crippen LogP contribution in [-0.2, 0) is 11.3 Å². The summed E-state index contributed by atoms with van der Waals surface area (Å²) >= 11 is 0. The molecule has 0 saturated heterocycles. The molecule has 1 aromatic carbocycles. The maximum Gasteiger partial charge on any atom is 0.340 e. The number of rotatable bonds is 7. The SMILES string of the molecule is Cc1noc(COC(=O)c2ccccc2NCCC2=CCCCC2)n1. The first-order valence-electron chi connectivity index (χ1n) is 8.69. The minimum absolute atomic E-state index is 0.0269. The number of aromatic nitrogens is 2. The number of carbonyl (C=O) groups is 1. The highest BCUT2D eigenvalue weighted by Gasteiger charge is 2.14.